The van der Waals surface area contributed by atoms with E-state index in [9.17, 15) is 23.1 Å². The first-order chi connectivity index (χ1) is 11.8. The van der Waals surface area contributed by atoms with Crippen LogP contribution < -0.4 is 4.72 Å². The van der Waals surface area contributed by atoms with Crippen LogP contribution in [-0.4, -0.2) is 38.1 Å². The maximum atomic E-state index is 12.3. The predicted octanol–water partition coefficient (Wildman–Crippen LogP) is 1.43. The summed E-state index contributed by atoms with van der Waals surface area (Å²) in [5, 5.41) is 8.72. The second-order valence-corrected chi connectivity index (χ2v) is 6.69. The van der Waals surface area contributed by atoms with Gasteiger partial charge in [0.25, 0.3) is 10.0 Å². The van der Waals surface area contributed by atoms with Crippen LogP contribution in [0, 0.1) is 0 Å². The summed E-state index contributed by atoms with van der Waals surface area (Å²) in [5.74, 6) is -2.41. The van der Waals surface area contributed by atoms with Gasteiger partial charge in [0.2, 0.25) is 10.9 Å². The zero-order valence-corrected chi connectivity index (χ0v) is 14.2. The van der Waals surface area contributed by atoms with Crippen molar-refractivity contribution in [2.45, 2.75) is 24.5 Å². The third-order valence-electron chi connectivity index (χ3n) is 3.20. The van der Waals surface area contributed by atoms with Crippen LogP contribution in [0.2, 0.25) is 0 Å². The first kappa shape index (κ1) is 18.7. The molecule has 1 atom stereocenters. The van der Waals surface area contributed by atoms with Crippen molar-refractivity contribution in [1.29, 1.82) is 0 Å². The number of carbonyl (C=O) groups excluding carboxylic acids is 1. The predicted molar refractivity (Wildman–Crippen MR) is 86.6 cm³/mol. The van der Waals surface area contributed by atoms with Gasteiger partial charge in [0, 0.05) is 0 Å². The van der Waals surface area contributed by atoms with E-state index >= 15 is 0 Å². The van der Waals surface area contributed by atoms with Gasteiger partial charge in [-0.2, -0.15) is 4.72 Å². The lowest BCUT2D eigenvalue weighted by molar-refractivity contribution is -0.138. The normalized spacial score (nSPS) is 12.5. The molecule has 0 aliphatic rings. The highest BCUT2D eigenvalue weighted by Gasteiger charge is 2.28. The van der Waals surface area contributed by atoms with Crippen LogP contribution >= 0.6 is 0 Å². The van der Waals surface area contributed by atoms with Crippen LogP contribution in [0.25, 0.3) is 0 Å². The molecule has 1 heterocycles. The first-order valence-electron chi connectivity index (χ1n) is 7.39. The number of sulfonamides is 1. The summed E-state index contributed by atoms with van der Waals surface area (Å²) in [6.07, 6.45) is -0.0408. The molecule has 1 aromatic heterocycles. The zero-order chi connectivity index (χ0) is 18.4. The third-order valence-corrected chi connectivity index (χ3v) is 4.54. The number of carbonyl (C=O) groups is 2. The van der Waals surface area contributed by atoms with Gasteiger partial charge in [-0.3, -0.25) is 4.79 Å². The molecule has 0 aliphatic heterocycles. The number of aliphatic carboxylic acids is 1. The summed E-state index contributed by atoms with van der Waals surface area (Å²) in [4.78, 5) is 22.9. The Labute approximate surface area is 144 Å². The molecule has 25 heavy (non-hydrogen) atoms. The second-order valence-electron chi connectivity index (χ2n) is 5.04. The summed E-state index contributed by atoms with van der Waals surface area (Å²) in [7, 11) is -4.26. The molecule has 0 bridgehead atoms. The van der Waals surface area contributed by atoms with Crippen molar-refractivity contribution >= 4 is 22.0 Å². The van der Waals surface area contributed by atoms with Crippen LogP contribution in [0.4, 0.5) is 0 Å². The molecule has 9 heteroatoms. The lowest BCUT2D eigenvalue weighted by Gasteiger charge is -2.13. The van der Waals surface area contributed by atoms with Gasteiger partial charge < -0.3 is 14.3 Å². The van der Waals surface area contributed by atoms with Gasteiger partial charge in [0.05, 0.1) is 6.61 Å². The minimum absolute atomic E-state index is 0.0408. The molecule has 0 saturated heterocycles. The fourth-order valence-corrected chi connectivity index (χ4v) is 3.17. The Balaban J connectivity index is 2.17. The van der Waals surface area contributed by atoms with Crippen molar-refractivity contribution in [3.8, 4) is 0 Å². The Hall–Kier alpha value is -2.65. The molecule has 8 nitrogen and oxygen atoms in total. The van der Waals surface area contributed by atoms with E-state index in [0.717, 1.165) is 12.1 Å². The van der Waals surface area contributed by atoms with Crippen LogP contribution in [0.3, 0.4) is 0 Å². The largest absolute Gasteiger partial charge is 0.480 e. The van der Waals surface area contributed by atoms with E-state index < -0.39 is 33.1 Å². The standard InChI is InChI=1S/C16H17NO7S/c1-2-23-16(20)13-8-9-14(24-13)25(21,22)17-12(15(18)19)10-11-6-4-3-5-7-11/h3-9,12,17H,2,10H2,1H3,(H,18,19)/t12-/m0/s1. The van der Waals surface area contributed by atoms with E-state index in [2.05, 4.69) is 4.72 Å². The molecule has 0 radical (unpaired) electrons. The van der Waals surface area contributed by atoms with E-state index in [1.807, 2.05) is 0 Å². The van der Waals surface area contributed by atoms with E-state index in [0.29, 0.717) is 5.56 Å². The number of carboxylic acids is 1. The highest BCUT2D eigenvalue weighted by Crippen LogP contribution is 2.16. The van der Waals surface area contributed by atoms with Crippen molar-refractivity contribution in [1.82, 2.24) is 4.72 Å². The Morgan fingerprint density at radius 3 is 2.48 bits per heavy atom. The fourth-order valence-electron chi connectivity index (χ4n) is 2.05. The van der Waals surface area contributed by atoms with Gasteiger partial charge in [0.15, 0.2) is 0 Å². The topological polar surface area (TPSA) is 123 Å². The summed E-state index contributed by atoms with van der Waals surface area (Å²) in [6, 6.07) is 9.43. The molecule has 2 N–H and O–H groups in total. The number of benzene rings is 1. The highest BCUT2D eigenvalue weighted by molar-refractivity contribution is 7.89. The van der Waals surface area contributed by atoms with Gasteiger partial charge in [0.1, 0.15) is 6.04 Å². The molecule has 134 valence electrons. The molecule has 2 rings (SSSR count). The fraction of sp³-hybridized carbons (Fsp3) is 0.250. The molecule has 0 aliphatic carbocycles. The van der Waals surface area contributed by atoms with Crippen molar-refractivity contribution in [2.75, 3.05) is 6.61 Å². The van der Waals surface area contributed by atoms with Crippen molar-refractivity contribution in [3.63, 3.8) is 0 Å². The number of rotatable bonds is 8. The quantitative estimate of drug-likeness (QED) is 0.677. The number of ether oxygens (including phenoxy) is 1. The van der Waals surface area contributed by atoms with E-state index in [1.54, 1.807) is 37.3 Å². The minimum Gasteiger partial charge on any atom is -0.480 e. The Kier molecular flexibility index (Phi) is 5.94. The molecule has 0 spiro atoms. The first-order valence-corrected chi connectivity index (χ1v) is 8.88. The summed E-state index contributed by atoms with van der Waals surface area (Å²) < 4.78 is 36.4. The lowest BCUT2D eigenvalue weighted by atomic mass is 10.1. The zero-order valence-electron chi connectivity index (χ0n) is 13.3. The summed E-state index contributed by atoms with van der Waals surface area (Å²) in [5.41, 5.74) is 0.657. The highest BCUT2D eigenvalue weighted by atomic mass is 32.2. The molecule has 0 fully saturated rings. The van der Waals surface area contributed by atoms with Gasteiger partial charge in [-0.1, -0.05) is 30.3 Å². The maximum Gasteiger partial charge on any atom is 0.374 e. The Bertz CT molecular complexity index is 842. The summed E-state index contributed by atoms with van der Waals surface area (Å²) in [6.45, 7) is 1.71. The molecule has 0 amide bonds. The molecular weight excluding hydrogens is 350 g/mol. The van der Waals surface area contributed by atoms with Crippen LogP contribution in [0.5, 0.6) is 0 Å². The van der Waals surface area contributed by atoms with Crippen LogP contribution in [-0.2, 0) is 26.0 Å². The number of furan rings is 1. The smallest absolute Gasteiger partial charge is 0.374 e. The van der Waals surface area contributed by atoms with Gasteiger partial charge in [-0.05, 0) is 31.0 Å². The van der Waals surface area contributed by atoms with Gasteiger partial charge in [-0.15, -0.1) is 0 Å². The molecule has 2 aromatic rings. The van der Waals surface area contributed by atoms with Crippen molar-refractivity contribution in [3.05, 3.63) is 53.8 Å². The van der Waals surface area contributed by atoms with Crippen LogP contribution in [0.1, 0.15) is 23.0 Å². The van der Waals surface area contributed by atoms with E-state index in [-0.39, 0.29) is 18.8 Å². The van der Waals surface area contributed by atoms with Crippen LogP contribution in [0.15, 0.2) is 52.0 Å². The van der Waals surface area contributed by atoms with E-state index in [1.165, 1.54) is 0 Å². The lowest BCUT2D eigenvalue weighted by Crippen LogP contribution is -2.42. The number of nitrogens with one attached hydrogen (secondary N) is 1. The SMILES string of the molecule is CCOC(=O)c1ccc(S(=O)(=O)N[C@@H](Cc2ccccc2)C(=O)O)o1. The number of hydrogen-bond acceptors (Lipinski definition) is 6. The number of carboxylic acid groups (broad SMARTS) is 1. The average molecular weight is 367 g/mol. The van der Waals surface area contributed by atoms with Crippen molar-refractivity contribution < 1.29 is 32.3 Å². The second kappa shape index (κ2) is 7.95. The number of esters is 1. The molecule has 0 unspecified atom stereocenters. The monoisotopic (exact) mass is 367 g/mol. The van der Waals surface area contributed by atoms with E-state index in [4.69, 9.17) is 9.15 Å². The molecular formula is C16H17NO7S. The Morgan fingerprint density at radius 1 is 1.20 bits per heavy atom. The Morgan fingerprint density at radius 2 is 1.88 bits per heavy atom. The maximum absolute atomic E-state index is 12.3. The summed E-state index contributed by atoms with van der Waals surface area (Å²) >= 11 is 0. The third kappa shape index (κ3) is 4.91. The average Bonchev–Trinajstić information content (AvgIpc) is 3.06. The molecule has 0 saturated carbocycles. The van der Waals surface area contributed by atoms with Crippen molar-refractivity contribution in [2.24, 2.45) is 0 Å². The molecule has 1 aromatic carbocycles. The number of hydrogen-bond donors (Lipinski definition) is 2. The minimum atomic E-state index is -4.26. The van der Waals surface area contributed by atoms with Gasteiger partial charge in [-0.25, -0.2) is 13.2 Å². The van der Waals surface area contributed by atoms with Gasteiger partial charge >= 0.3 is 11.9 Å².